The summed E-state index contributed by atoms with van der Waals surface area (Å²) in [5.41, 5.74) is -0.186. The van der Waals surface area contributed by atoms with Crippen molar-refractivity contribution in [3.63, 3.8) is 0 Å². The van der Waals surface area contributed by atoms with Gasteiger partial charge in [-0.05, 0) is 30.8 Å². The van der Waals surface area contributed by atoms with Crippen LogP contribution in [0.3, 0.4) is 0 Å². The van der Waals surface area contributed by atoms with E-state index in [1.165, 1.54) is 12.2 Å². The Morgan fingerprint density at radius 3 is 2.79 bits per heavy atom. The molecule has 1 N–H and O–H groups in total. The van der Waals surface area contributed by atoms with Crippen LogP contribution < -0.4 is 0 Å². The SMILES string of the molecule is C=CC(=O)OCCCC1(C)C=CC(S(=O)(=O)O)=CC1. The third kappa shape index (κ3) is 5.00. The smallest absolute Gasteiger partial charge is 0.330 e. The van der Waals surface area contributed by atoms with Crippen LogP contribution in [-0.4, -0.2) is 25.5 Å². The summed E-state index contributed by atoms with van der Waals surface area (Å²) < 4.78 is 35.6. The molecule has 6 heteroatoms. The fraction of sp³-hybridized carbons (Fsp3) is 0.462. The molecule has 0 spiro atoms. The number of carbonyl (C=O) groups is 1. The van der Waals surface area contributed by atoms with Crippen molar-refractivity contribution < 1.29 is 22.5 Å². The Morgan fingerprint density at radius 1 is 1.63 bits per heavy atom. The first-order valence-corrected chi connectivity index (χ1v) is 7.37. The highest BCUT2D eigenvalue weighted by Crippen LogP contribution is 2.34. The quantitative estimate of drug-likeness (QED) is 0.350. The molecule has 0 saturated carbocycles. The summed E-state index contributed by atoms with van der Waals surface area (Å²) in [5.74, 6) is -0.446. The summed E-state index contributed by atoms with van der Waals surface area (Å²) >= 11 is 0. The molecule has 0 bridgehead atoms. The van der Waals surface area contributed by atoms with Crippen molar-refractivity contribution in [3.8, 4) is 0 Å². The van der Waals surface area contributed by atoms with Gasteiger partial charge in [-0.1, -0.05) is 25.7 Å². The Labute approximate surface area is 113 Å². The van der Waals surface area contributed by atoms with Crippen LogP contribution >= 0.6 is 0 Å². The van der Waals surface area contributed by atoms with Gasteiger partial charge in [0.2, 0.25) is 0 Å². The van der Waals surface area contributed by atoms with Crippen molar-refractivity contribution in [1.82, 2.24) is 0 Å². The van der Waals surface area contributed by atoms with Crippen LogP contribution in [0.4, 0.5) is 0 Å². The molecule has 0 amide bonds. The molecule has 1 rings (SSSR count). The van der Waals surface area contributed by atoms with Gasteiger partial charge in [0, 0.05) is 6.08 Å². The maximum absolute atomic E-state index is 10.9. The van der Waals surface area contributed by atoms with Crippen LogP contribution in [0.5, 0.6) is 0 Å². The number of rotatable bonds is 6. The van der Waals surface area contributed by atoms with E-state index in [0.717, 1.165) is 12.5 Å². The summed E-state index contributed by atoms with van der Waals surface area (Å²) in [6.45, 7) is 5.59. The fourth-order valence-corrected chi connectivity index (χ4v) is 2.37. The minimum atomic E-state index is -4.12. The zero-order chi connectivity index (χ0) is 14.5. The molecule has 0 aromatic heterocycles. The third-order valence-electron chi connectivity index (χ3n) is 3.02. The molecular formula is C13H18O5S. The molecule has 0 aromatic carbocycles. The van der Waals surface area contributed by atoms with Gasteiger partial charge in [-0.25, -0.2) is 4.79 Å². The van der Waals surface area contributed by atoms with Crippen LogP contribution in [0.1, 0.15) is 26.2 Å². The molecule has 1 aliphatic carbocycles. The van der Waals surface area contributed by atoms with Crippen molar-refractivity contribution in [2.75, 3.05) is 6.61 Å². The summed E-state index contributed by atoms with van der Waals surface area (Å²) in [6, 6.07) is 0. The predicted molar refractivity (Wildman–Crippen MR) is 71.9 cm³/mol. The third-order valence-corrected chi connectivity index (χ3v) is 3.92. The zero-order valence-corrected chi connectivity index (χ0v) is 11.6. The summed E-state index contributed by atoms with van der Waals surface area (Å²) in [6.07, 6.45) is 7.75. The van der Waals surface area contributed by atoms with Crippen molar-refractivity contribution in [2.45, 2.75) is 26.2 Å². The highest BCUT2D eigenvalue weighted by atomic mass is 32.2. The summed E-state index contributed by atoms with van der Waals surface area (Å²) in [5, 5.41) is 0. The highest BCUT2D eigenvalue weighted by molar-refractivity contribution is 7.90. The Bertz CT molecular complexity index is 515. The van der Waals surface area contributed by atoms with E-state index in [9.17, 15) is 13.2 Å². The summed E-state index contributed by atoms with van der Waals surface area (Å²) in [4.78, 5) is 10.8. The molecule has 0 radical (unpaired) electrons. The molecule has 5 nitrogen and oxygen atoms in total. The second kappa shape index (κ2) is 6.16. The molecule has 0 aromatic rings. The second-order valence-corrected chi connectivity index (χ2v) is 6.17. The fourth-order valence-electron chi connectivity index (χ4n) is 1.84. The topological polar surface area (TPSA) is 80.7 Å². The van der Waals surface area contributed by atoms with Crippen LogP contribution in [0.2, 0.25) is 0 Å². The lowest BCUT2D eigenvalue weighted by Gasteiger charge is -2.27. The largest absolute Gasteiger partial charge is 0.463 e. The Morgan fingerprint density at radius 2 is 2.32 bits per heavy atom. The monoisotopic (exact) mass is 286 g/mol. The van der Waals surface area contributed by atoms with Gasteiger partial charge >= 0.3 is 5.97 Å². The van der Waals surface area contributed by atoms with Gasteiger partial charge in [0.25, 0.3) is 10.1 Å². The van der Waals surface area contributed by atoms with Gasteiger partial charge < -0.3 is 4.74 Å². The average molecular weight is 286 g/mol. The van der Waals surface area contributed by atoms with Gasteiger partial charge in [0.1, 0.15) is 0 Å². The molecular weight excluding hydrogens is 268 g/mol. The van der Waals surface area contributed by atoms with E-state index in [-0.39, 0.29) is 10.3 Å². The van der Waals surface area contributed by atoms with Crippen molar-refractivity contribution >= 4 is 16.1 Å². The van der Waals surface area contributed by atoms with E-state index in [1.54, 1.807) is 6.08 Å². The summed E-state index contributed by atoms with van der Waals surface area (Å²) in [7, 11) is -4.12. The molecule has 1 aliphatic rings. The number of ether oxygens (including phenoxy) is 1. The lowest BCUT2D eigenvalue weighted by Crippen LogP contribution is -2.17. The number of esters is 1. The van der Waals surface area contributed by atoms with Gasteiger partial charge in [-0.3, -0.25) is 4.55 Å². The minimum absolute atomic E-state index is 0.0666. The zero-order valence-electron chi connectivity index (χ0n) is 10.8. The average Bonchev–Trinajstić information content (AvgIpc) is 2.33. The second-order valence-electron chi connectivity index (χ2n) is 4.75. The lowest BCUT2D eigenvalue weighted by atomic mass is 9.80. The van der Waals surface area contributed by atoms with E-state index in [1.807, 2.05) is 6.92 Å². The van der Waals surface area contributed by atoms with Crippen LogP contribution in [0.15, 0.2) is 35.8 Å². The van der Waals surface area contributed by atoms with E-state index in [4.69, 9.17) is 9.29 Å². The van der Waals surface area contributed by atoms with E-state index < -0.39 is 16.1 Å². The molecule has 0 aliphatic heterocycles. The first kappa shape index (κ1) is 15.7. The van der Waals surface area contributed by atoms with Gasteiger partial charge in [0.05, 0.1) is 11.5 Å². The molecule has 1 atom stereocenters. The number of carbonyl (C=O) groups excluding carboxylic acids is 1. The first-order chi connectivity index (χ1) is 8.77. The molecule has 106 valence electrons. The molecule has 19 heavy (non-hydrogen) atoms. The normalized spacial score (nSPS) is 22.7. The molecule has 0 saturated heterocycles. The van der Waals surface area contributed by atoms with Crippen molar-refractivity contribution in [1.29, 1.82) is 0 Å². The predicted octanol–water partition coefficient (Wildman–Crippen LogP) is 2.23. The first-order valence-electron chi connectivity index (χ1n) is 5.93. The van der Waals surface area contributed by atoms with Gasteiger partial charge in [0.15, 0.2) is 0 Å². The highest BCUT2D eigenvalue weighted by Gasteiger charge is 2.25. The van der Waals surface area contributed by atoms with E-state index in [2.05, 4.69) is 6.58 Å². The van der Waals surface area contributed by atoms with Crippen LogP contribution in [0.25, 0.3) is 0 Å². The van der Waals surface area contributed by atoms with E-state index >= 15 is 0 Å². The van der Waals surface area contributed by atoms with Crippen molar-refractivity contribution in [3.05, 3.63) is 35.8 Å². The molecule has 1 unspecified atom stereocenters. The van der Waals surface area contributed by atoms with Gasteiger partial charge in [-0.15, -0.1) is 0 Å². The Balaban J connectivity index is 2.45. The maximum atomic E-state index is 10.9. The van der Waals surface area contributed by atoms with Crippen LogP contribution in [-0.2, 0) is 19.6 Å². The Hall–Kier alpha value is -1.40. The van der Waals surface area contributed by atoms with Crippen LogP contribution in [0, 0.1) is 5.41 Å². The number of allylic oxidation sites excluding steroid dienone is 3. The minimum Gasteiger partial charge on any atom is -0.463 e. The molecule has 0 heterocycles. The standard InChI is InChI=1S/C13H18O5S/c1-3-12(14)18-10-4-7-13(2)8-5-11(6-9-13)19(15,16)17/h3,5-6,8H,1,4,7,9-10H2,2H3,(H,15,16,17). The lowest BCUT2D eigenvalue weighted by molar-refractivity contribution is -0.137. The van der Waals surface area contributed by atoms with Crippen molar-refractivity contribution in [2.24, 2.45) is 5.41 Å². The van der Waals surface area contributed by atoms with E-state index in [0.29, 0.717) is 19.4 Å². The molecule has 0 fully saturated rings. The maximum Gasteiger partial charge on any atom is 0.330 e. The van der Waals surface area contributed by atoms with Gasteiger partial charge in [-0.2, -0.15) is 8.42 Å². The number of hydrogen-bond acceptors (Lipinski definition) is 4. The Kier molecular flexibility index (Phi) is 5.08. The number of hydrogen-bond donors (Lipinski definition) is 1.